The van der Waals surface area contributed by atoms with E-state index in [-0.39, 0.29) is 18.2 Å². The number of nitrogens with one attached hydrogen (secondary N) is 2. The first kappa shape index (κ1) is 19.8. The highest BCUT2D eigenvalue weighted by atomic mass is 32.1. The van der Waals surface area contributed by atoms with Gasteiger partial charge in [0, 0.05) is 10.8 Å². The SMILES string of the molecule is O=C(Cc1csc(NC(=O)c2ccsc2)n1)Nc1ccccc1Oc1ccccc1. The summed E-state index contributed by atoms with van der Waals surface area (Å²) in [6.45, 7) is 0. The number of thiophene rings is 1. The molecule has 0 spiro atoms. The zero-order valence-corrected chi connectivity index (χ0v) is 17.3. The number of hydrogen-bond donors (Lipinski definition) is 2. The van der Waals surface area contributed by atoms with Crippen molar-refractivity contribution in [1.82, 2.24) is 4.98 Å². The van der Waals surface area contributed by atoms with Crippen LogP contribution in [0.4, 0.5) is 10.8 Å². The van der Waals surface area contributed by atoms with E-state index in [0.29, 0.717) is 33.6 Å². The molecule has 0 aliphatic rings. The van der Waals surface area contributed by atoms with Crippen molar-refractivity contribution in [1.29, 1.82) is 0 Å². The minimum Gasteiger partial charge on any atom is -0.455 e. The van der Waals surface area contributed by atoms with Gasteiger partial charge in [-0.05, 0) is 35.7 Å². The fraction of sp³-hybridized carbons (Fsp3) is 0.0455. The summed E-state index contributed by atoms with van der Waals surface area (Å²) in [5, 5.41) is 11.4. The minimum atomic E-state index is -0.222. The quantitative estimate of drug-likeness (QED) is 0.406. The van der Waals surface area contributed by atoms with Crippen LogP contribution < -0.4 is 15.4 Å². The number of carbonyl (C=O) groups excluding carboxylic acids is 2. The van der Waals surface area contributed by atoms with Crippen molar-refractivity contribution >= 4 is 45.3 Å². The second kappa shape index (κ2) is 9.34. The third kappa shape index (κ3) is 5.11. The first-order chi connectivity index (χ1) is 14.7. The molecular weight excluding hydrogens is 418 g/mol. The van der Waals surface area contributed by atoms with Crippen LogP contribution in [0.2, 0.25) is 0 Å². The molecular formula is C22H17N3O3S2. The number of rotatable bonds is 7. The van der Waals surface area contributed by atoms with Crippen molar-refractivity contribution in [3.8, 4) is 11.5 Å². The number of anilines is 2. The fourth-order valence-corrected chi connectivity index (χ4v) is 3.98. The van der Waals surface area contributed by atoms with E-state index in [1.54, 1.807) is 29.0 Å². The lowest BCUT2D eigenvalue weighted by atomic mass is 10.2. The highest BCUT2D eigenvalue weighted by Crippen LogP contribution is 2.29. The van der Waals surface area contributed by atoms with Gasteiger partial charge in [0.05, 0.1) is 23.4 Å². The van der Waals surface area contributed by atoms with Crippen molar-refractivity contribution in [2.75, 3.05) is 10.6 Å². The molecule has 0 radical (unpaired) electrons. The third-order valence-electron chi connectivity index (χ3n) is 4.03. The second-order valence-corrected chi connectivity index (χ2v) is 7.88. The number of para-hydroxylation sites is 3. The lowest BCUT2D eigenvalue weighted by Gasteiger charge is -2.11. The Balaban J connectivity index is 1.37. The van der Waals surface area contributed by atoms with Crippen molar-refractivity contribution < 1.29 is 14.3 Å². The Kier molecular flexibility index (Phi) is 6.17. The van der Waals surface area contributed by atoms with Crippen LogP contribution in [-0.4, -0.2) is 16.8 Å². The molecule has 0 saturated heterocycles. The van der Waals surface area contributed by atoms with Gasteiger partial charge in [-0.25, -0.2) is 4.98 Å². The molecule has 4 rings (SSSR count). The third-order valence-corrected chi connectivity index (χ3v) is 5.52. The van der Waals surface area contributed by atoms with Crippen LogP contribution in [0.25, 0.3) is 0 Å². The van der Waals surface area contributed by atoms with E-state index in [2.05, 4.69) is 15.6 Å². The Morgan fingerprint density at radius 2 is 1.73 bits per heavy atom. The molecule has 2 N–H and O–H groups in total. The molecule has 150 valence electrons. The van der Waals surface area contributed by atoms with E-state index in [9.17, 15) is 9.59 Å². The monoisotopic (exact) mass is 435 g/mol. The maximum Gasteiger partial charge on any atom is 0.258 e. The Labute approximate surface area is 181 Å². The summed E-state index contributed by atoms with van der Waals surface area (Å²) in [4.78, 5) is 29.0. The second-order valence-electron chi connectivity index (χ2n) is 6.25. The highest BCUT2D eigenvalue weighted by Gasteiger charge is 2.13. The van der Waals surface area contributed by atoms with E-state index in [1.807, 2.05) is 47.8 Å². The van der Waals surface area contributed by atoms with Crippen LogP contribution in [-0.2, 0) is 11.2 Å². The number of aromatic nitrogens is 1. The molecule has 4 aromatic rings. The molecule has 30 heavy (non-hydrogen) atoms. The zero-order valence-electron chi connectivity index (χ0n) is 15.7. The molecule has 6 nitrogen and oxygen atoms in total. The average molecular weight is 436 g/mol. The van der Waals surface area contributed by atoms with E-state index in [1.165, 1.54) is 22.7 Å². The summed E-state index contributed by atoms with van der Waals surface area (Å²) < 4.78 is 5.87. The Hall–Kier alpha value is -3.49. The fourth-order valence-electron chi connectivity index (χ4n) is 2.64. The number of amides is 2. The van der Waals surface area contributed by atoms with Gasteiger partial charge in [-0.2, -0.15) is 11.3 Å². The molecule has 0 aliphatic heterocycles. The normalized spacial score (nSPS) is 10.4. The molecule has 2 heterocycles. The van der Waals surface area contributed by atoms with Gasteiger partial charge >= 0.3 is 0 Å². The maximum absolute atomic E-state index is 12.5. The van der Waals surface area contributed by atoms with Gasteiger partial charge in [0.25, 0.3) is 5.91 Å². The topological polar surface area (TPSA) is 80.3 Å². The Bertz CT molecular complexity index is 1140. The first-order valence-corrected chi connectivity index (χ1v) is 10.9. The van der Waals surface area contributed by atoms with Gasteiger partial charge in [0.15, 0.2) is 10.9 Å². The van der Waals surface area contributed by atoms with Crippen LogP contribution in [0, 0.1) is 0 Å². The van der Waals surface area contributed by atoms with E-state index < -0.39 is 0 Å². The van der Waals surface area contributed by atoms with Crippen LogP contribution >= 0.6 is 22.7 Å². The van der Waals surface area contributed by atoms with Gasteiger partial charge in [0.2, 0.25) is 5.91 Å². The Morgan fingerprint density at radius 1 is 0.933 bits per heavy atom. The lowest BCUT2D eigenvalue weighted by Crippen LogP contribution is -2.15. The largest absolute Gasteiger partial charge is 0.455 e. The first-order valence-electron chi connectivity index (χ1n) is 9.07. The summed E-state index contributed by atoms with van der Waals surface area (Å²) in [6.07, 6.45) is 0.0878. The lowest BCUT2D eigenvalue weighted by molar-refractivity contribution is -0.115. The van der Waals surface area contributed by atoms with Crippen molar-refractivity contribution in [3.63, 3.8) is 0 Å². The zero-order chi connectivity index (χ0) is 20.8. The molecule has 8 heteroatoms. The summed E-state index contributed by atoms with van der Waals surface area (Å²) in [6, 6.07) is 18.4. The molecule has 2 aromatic heterocycles. The van der Waals surface area contributed by atoms with Gasteiger partial charge in [-0.3, -0.25) is 14.9 Å². The molecule has 2 amide bonds. The molecule has 0 fully saturated rings. The summed E-state index contributed by atoms with van der Waals surface area (Å²) >= 11 is 2.74. The molecule has 0 atom stereocenters. The number of benzene rings is 2. The average Bonchev–Trinajstić information content (AvgIpc) is 3.43. The van der Waals surface area contributed by atoms with E-state index in [0.717, 1.165) is 0 Å². The number of hydrogen-bond acceptors (Lipinski definition) is 6. The van der Waals surface area contributed by atoms with Gasteiger partial charge < -0.3 is 10.1 Å². The smallest absolute Gasteiger partial charge is 0.258 e. The van der Waals surface area contributed by atoms with Crippen molar-refractivity contribution in [2.45, 2.75) is 6.42 Å². The summed E-state index contributed by atoms with van der Waals surface area (Å²) in [7, 11) is 0. The highest BCUT2D eigenvalue weighted by molar-refractivity contribution is 7.14. The van der Waals surface area contributed by atoms with Crippen molar-refractivity contribution in [2.24, 2.45) is 0 Å². The molecule has 0 bridgehead atoms. The predicted octanol–water partition coefficient (Wildman–Crippen LogP) is 5.43. The molecule has 2 aromatic carbocycles. The van der Waals surface area contributed by atoms with Gasteiger partial charge in [-0.1, -0.05) is 30.3 Å². The maximum atomic E-state index is 12.5. The summed E-state index contributed by atoms with van der Waals surface area (Å²) in [5.74, 6) is 0.803. The van der Waals surface area contributed by atoms with Crippen LogP contribution in [0.3, 0.4) is 0 Å². The number of ether oxygens (including phenoxy) is 1. The van der Waals surface area contributed by atoms with Crippen LogP contribution in [0.15, 0.2) is 76.8 Å². The van der Waals surface area contributed by atoms with E-state index in [4.69, 9.17) is 4.74 Å². The van der Waals surface area contributed by atoms with E-state index >= 15 is 0 Å². The minimum absolute atomic E-state index is 0.0878. The molecule has 0 saturated carbocycles. The Morgan fingerprint density at radius 3 is 2.53 bits per heavy atom. The van der Waals surface area contributed by atoms with Gasteiger partial charge in [-0.15, -0.1) is 11.3 Å². The standard InChI is InChI=1S/C22H17N3O3S2/c26-20(12-16-14-30-22(23-16)25-21(27)15-10-11-29-13-15)24-18-8-4-5-9-19(18)28-17-6-2-1-3-7-17/h1-11,13-14H,12H2,(H,24,26)(H,23,25,27). The van der Waals surface area contributed by atoms with Crippen molar-refractivity contribution in [3.05, 3.63) is 88.1 Å². The van der Waals surface area contributed by atoms with Crippen LogP contribution in [0.1, 0.15) is 16.1 Å². The number of carbonyl (C=O) groups is 2. The predicted molar refractivity (Wildman–Crippen MR) is 120 cm³/mol. The number of thiazole rings is 1. The number of nitrogens with zero attached hydrogens (tertiary/aromatic N) is 1. The molecule has 0 aliphatic carbocycles. The molecule has 0 unspecified atom stereocenters. The van der Waals surface area contributed by atoms with Crippen LogP contribution in [0.5, 0.6) is 11.5 Å². The van der Waals surface area contributed by atoms with Gasteiger partial charge in [0.1, 0.15) is 5.75 Å². The summed E-state index contributed by atoms with van der Waals surface area (Å²) in [5.41, 5.74) is 1.75.